The molecular formula is C15H12F3NO3. The summed E-state index contributed by atoms with van der Waals surface area (Å²) in [4.78, 5) is 23.4. The maximum atomic E-state index is 12.7. The normalized spacial score (nSPS) is 11.3. The largest absolute Gasteiger partial charge is 0.445 e. The van der Waals surface area contributed by atoms with Crippen molar-refractivity contribution in [3.8, 4) is 0 Å². The van der Waals surface area contributed by atoms with Crippen LogP contribution in [-0.2, 0) is 6.18 Å². The van der Waals surface area contributed by atoms with E-state index >= 15 is 0 Å². The van der Waals surface area contributed by atoms with Gasteiger partial charge in [0.2, 0.25) is 5.88 Å². The molecule has 0 radical (unpaired) electrons. The Kier molecular flexibility index (Phi) is 4.07. The predicted molar refractivity (Wildman–Crippen MR) is 74.4 cm³/mol. The molecule has 2 aromatic rings. The van der Waals surface area contributed by atoms with Crippen LogP contribution in [-0.4, -0.2) is 5.78 Å². The molecule has 0 saturated heterocycles. The minimum absolute atomic E-state index is 0.0612. The summed E-state index contributed by atoms with van der Waals surface area (Å²) in [6.45, 7) is 2.68. The third kappa shape index (κ3) is 3.36. The molecule has 0 amide bonds. The Bertz CT molecular complexity index is 778. The second-order valence-corrected chi connectivity index (χ2v) is 4.69. The fourth-order valence-electron chi connectivity index (χ4n) is 1.94. The Morgan fingerprint density at radius 2 is 1.91 bits per heavy atom. The third-order valence-electron chi connectivity index (χ3n) is 2.87. The number of carbonyl (C=O) groups excluding carboxylic acids is 1. The summed E-state index contributed by atoms with van der Waals surface area (Å²) in [6, 6.07) is 5.53. The number of nitrogens with one attached hydrogen (secondary N) is 1. The lowest BCUT2D eigenvalue weighted by atomic mass is 10.1. The van der Waals surface area contributed by atoms with Crippen LogP contribution in [0.3, 0.4) is 0 Å². The van der Waals surface area contributed by atoms with E-state index in [2.05, 4.69) is 5.32 Å². The second kappa shape index (κ2) is 5.67. The van der Waals surface area contributed by atoms with Gasteiger partial charge < -0.3 is 9.73 Å². The monoisotopic (exact) mass is 311 g/mol. The molecule has 4 nitrogen and oxygen atoms in total. The van der Waals surface area contributed by atoms with Crippen LogP contribution in [0.4, 0.5) is 24.7 Å². The maximum Gasteiger partial charge on any atom is 0.416 e. The fourth-order valence-corrected chi connectivity index (χ4v) is 1.94. The number of Topliss-reactive ketones (excluding diaryl/α,β-unsaturated/α-hetero) is 1. The quantitative estimate of drug-likeness (QED) is 0.873. The molecule has 0 unspecified atom stereocenters. The van der Waals surface area contributed by atoms with Crippen LogP contribution < -0.4 is 10.7 Å². The third-order valence-corrected chi connectivity index (χ3v) is 2.87. The van der Waals surface area contributed by atoms with Crippen molar-refractivity contribution in [2.24, 2.45) is 0 Å². The molecule has 1 aromatic heterocycles. The molecule has 1 aromatic carbocycles. The molecule has 1 N–H and O–H groups in total. The average molecular weight is 311 g/mol. The predicted octanol–water partition coefficient (Wildman–Crippen LogP) is 3.91. The van der Waals surface area contributed by atoms with Crippen molar-refractivity contribution in [2.75, 3.05) is 5.32 Å². The van der Waals surface area contributed by atoms with Gasteiger partial charge in [0.25, 0.3) is 0 Å². The van der Waals surface area contributed by atoms with Gasteiger partial charge in [-0.15, -0.1) is 0 Å². The lowest BCUT2D eigenvalue weighted by molar-refractivity contribution is -0.137. The Balaban J connectivity index is 2.48. The standard InChI is InChI=1S/C15H12F3NO3/c1-8-6-12(21)13(9(2)20)14(22-8)19-11-5-3-4-10(7-11)15(16,17)18/h3-7,19H,1-2H3. The number of hydrogen-bond acceptors (Lipinski definition) is 4. The smallest absolute Gasteiger partial charge is 0.416 e. The summed E-state index contributed by atoms with van der Waals surface area (Å²) >= 11 is 0. The molecule has 0 saturated carbocycles. The highest BCUT2D eigenvalue weighted by Crippen LogP contribution is 2.31. The van der Waals surface area contributed by atoms with E-state index in [1.807, 2.05) is 0 Å². The molecule has 1 heterocycles. The minimum Gasteiger partial charge on any atom is -0.445 e. The average Bonchev–Trinajstić information content (AvgIpc) is 2.36. The van der Waals surface area contributed by atoms with Gasteiger partial charge in [-0.1, -0.05) is 6.07 Å². The summed E-state index contributed by atoms with van der Waals surface area (Å²) in [5.41, 5.74) is -1.57. The van der Waals surface area contributed by atoms with Crippen molar-refractivity contribution in [3.63, 3.8) is 0 Å². The number of rotatable bonds is 3. The van der Waals surface area contributed by atoms with Gasteiger partial charge in [-0.05, 0) is 32.0 Å². The van der Waals surface area contributed by atoms with Crippen LogP contribution in [0.25, 0.3) is 0 Å². The van der Waals surface area contributed by atoms with E-state index in [9.17, 15) is 22.8 Å². The maximum absolute atomic E-state index is 12.7. The number of ketones is 1. The van der Waals surface area contributed by atoms with Gasteiger partial charge in [0.1, 0.15) is 11.3 Å². The molecule has 0 bridgehead atoms. The van der Waals surface area contributed by atoms with Gasteiger partial charge >= 0.3 is 6.18 Å². The highest BCUT2D eigenvalue weighted by Gasteiger charge is 2.30. The minimum atomic E-state index is -4.49. The Morgan fingerprint density at radius 3 is 2.50 bits per heavy atom. The molecule has 0 aliphatic rings. The molecule has 0 aliphatic heterocycles. The summed E-state index contributed by atoms with van der Waals surface area (Å²) in [5.74, 6) is -0.468. The van der Waals surface area contributed by atoms with Crippen LogP contribution in [0.15, 0.2) is 39.5 Å². The van der Waals surface area contributed by atoms with Crippen LogP contribution in [0, 0.1) is 6.92 Å². The van der Waals surface area contributed by atoms with E-state index in [4.69, 9.17) is 4.42 Å². The molecule has 0 atom stereocenters. The molecule has 0 fully saturated rings. The number of benzene rings is 1. The van der Waals surface area contributed by atoms with E-state index in [-0.39, 0.29) is 22.9 Å². The van der Waals surface area contributed by atoms with E-state index in [0.717, 1.165) is 18.2 Å². The van der Waals surface area contributed by atoms with Gasteiger partial charge in [0.15, 0.2) is 11.2 Å². The van der Waals surface area contributed by atoms with Crippen molar-refractivity contribution < 1.29 is 22.4 Å². The topological polar surface area (TPSA) is 59.3 Å². The van der Waals surface area contributed by atoms with Crippen molar-refractivity contribution in [2.45, 2.75) is 20.0 Å². The van der Waals surface area contributed by atoms with Gasteiger partial charge in [0, 0.05) is 11.8 Å². The Morgan fingerprint density at radius 1 is 1.23 bits per heavy atom. The van der Waals surface area contributed by atoms with Crippen molar-refractivity contribution >= 4 is 17.4 Å². The van der Waals surface area contributed by atoms with Crippen molar-refractivity contribution in [3.05, 3.63) is 57.4 Å². The first-order valence-corrected chi connectivity index (χ1v) is 6.28. The lowest BCUT2D eigenvalue weighted by Gasteiger charge is -2.12. The van der Waals surface area contributed by atoms with Crippen molar-refractivity contribution in [1.29, 1.82) is 0 Å². The summed E-state index contributed by atoms with van der Waals surface area (Å²) in [7, 11) is 0. The molecule has 22 heavy (non-hydrogen) atoms. The van der Waals surface area contributed by atoms with Crippen LogP contribution in [0.5, 0.6) is 0 Å². The lowest BCUT2D eigenvalue weighted by Crippen LogP contribution is -2.15. The molecule has 0 spiro atoms. The molecule has 116 valence electrons. The first-order valence-electron chi connectivity index (χ1n) is 6.28. The van der Waals surface area contributed by atoms with E-state index < -0.39 is 23.0 Å². The zero-order chi connectivity index (χ0) is 16.5. The van der Waals surface area contributed by atoms with E-state index in [0.29, 0.717) is 0 Å². The fraction of sp³-hybridized carbons (Fsp3) is 0.200. The number of carbonyl (C=O) groups is 1. The number of anilines is 2. The number of hydrogen-bond donors (Lipinski definition) is 1. The molecule has 0 aliphatic carbocycles. The summed E-state index contributed by atoms with van der Waals surface area (Å²) in [6.07, 6.45) is -4.49. The Labute approximate surface area is 123 Å². The second-order valence-electron chi connectivity index (χ2n) is 4.69. The molecular weight excluding hydrogens is 299 g/mol. The van der Waals surface area contributed by atoms with E-state index in [1.54, 1.807) is 0 Å². The van der Waals surface area contributed by atoms with Crippen LogP contribution in [0.1, 0.15) is 28.6 Å². The van der Waals surface area contributed by atoms with Gasteiger partial charge in [-0.3, -0.25) is 9.59 Å². The highest BCUT2D eigenvalue weighted by atomic mass is 19.4. The highest BCUT2D eigenvalue weighted by molar-refractivity contribution is 5.98. The van der Waals surface area contributed by atoms with E-state index in [1.165, 1.54) is 26.0 Å². The van der Waals surface area contributed by atoms with Crippen LogP contribution >= 0.6 is 0 Å². The molecule has 7 heteroatoms. The molecule has 2 rings (SSSR count). The summed E-state index contributed by atoms with van der Waals surface area (Å²) < 4.78 is 43.3. The zero-order valence-electron chi connectivity index (χ0n) is 11.7. The first kappa shape index (κ1) is 15.8. The van der Waals surface area contributed by atoms with Crippen LogP contribution in [0.2, 0.25) is 0 Å². The summed E-state index contributed by atoms with van der Waals surface area (Å²) in [5, 5.41) is 2.56. The zero-order valence-corrected chi connectivity index (χ0v) is 11.7. The van der Waals surface area contributed by atoms with Gasteiger partial charge in [0.05, 0.1) is 5.56 Å². The number of aryl methyl sites for hydroxylation is 1. The number of alkyl halides is 3. The van der Waals surface area contributed by atoms with Gasteiger partial charge in [-0.25, -0.2) is 0 Å². The first-order chi connectivity index (χ1) is 10.2. The Hall–Kier alpha value is -2.57. The van der Waals surface area contributed by atoms with Gasteiger partial charge in [-0.2, -0.15) is 13.2 Å². The van der Waals surface area contributed by atoms with Crippen molar-refractivity contribution in [1.82, 2.24) is 0 Å². The number of halogens is 3. The SMILES string of the molecule is CC(=O)c1c(Nc2cccc(C(F)(F)F)c2)oc(C)cc1=O.